The summed E-state index contributed by atoms with van der Waals surface area (Å²) >= 11 is 0. The van der Waals surface area contributed by atoms with Crippen LogP contribution in [0.25, 0.3) is 0 Å². The second-order valence-electron chi connectivity index (χ2n) is 2.48. The molecule has 0 aliphatic heterocycles. The SMILES string of the molecule is Cc1cc(C#N)nc(NCCO)n1. The zero-order valence-electron chi connectivity index (χ0n) is 7.28. The summed E-state index contributed by atoms with van der Waals surface area (Å²) in [5, 5.41) is 19.9. The van der Waals surface area contributed by atoms with Gasteiger partial charge in [-0.15, -0.1) is 0 Å². The van der Waals surface area contributed by atoms with Crippen molar-refractivity contribution in [2.24, 2.45) is 0 Å². The third kappa shape index (κ3) is 2.69. The van der Waals surface area contributed by atoms with E-state index in [0.717, 1.165) is 5.69 Å². The van der Waals surface area contributed by atoms with E-state index in [1.165, 1.54) is 0 Å². The fraction of sp³-hybridized carbons (Fsp3) is 0.375. The van der Waals surface area contributed by atoms with Gasteiger partial charge < -0.3 is 10.4 Å². The number of hydrogen-bond donors (Lipinski definition) is 2. The Labute approximate surface area is 76.1 Å². The van der Waals surface area contributed by atoms with Gasteiger partial charge in [-0.2, -0.15) is 5.26 Å². The van der Waals surface area contributed by atoms with Crippen LogP contribution < -0.4 is 5.32 Å². The van der Waals surface area contributed by atoms with E-state index < -0.39 is 0 Å². The lowest BCUT2D eigenvalue weighted by molar-refractivity contribution is 0.311. The molecule has 13 heavy (non-hydrogen) atoms. The minimum atomic E-state index is 0.0131. The van der Waals surface area contributed by atoms with Crippen LogP contribution >= 0.6 is 0 Å². The Morgan fingerprint density at radius 2 is 2.38 bits per heavy atom. The summed E-state index contributed by atoms with van der Waals surface area (Å²) in [7, 11) is 0. The monoisotopic (exact) mass is 178 g/mol. The maximum atomic E-state index is 8.59. The molecule has 0 spiro atoms. The molecular formula is C8H10N4O. The normalized spacial score (nSPS) is 9.31. The quantitative estimate of drug-likeness (QED) is 0.684. The van der Waals surface area contributed by atoms with Gasteiger partial charge in [0, 0.05) is 12.2 Å². The molecule has 0 saturated carbocycles. The number of aliphatic hydroxyl groups excluding tert-OH is 1. The molecule has 1 rings (SSSR count). The topological polar surface area (TPSA) is 81.8 Å². The van der Waals surface area contributed by atoms with Crippen LogP contribution in [0, 0.1) is 18.3 Å². The van der Waals surface area contributed by atoms with Gasteiger partial charge in [0.25, 0.3) is 0 Å². The van der Waals surface area contributed by atoms with Crippen LogP contribution in [0.2, 0.25) is 0 Å². The van der Waals surface area contributed by atoms with Crippen LogP contribution in [0.3, 0.4) is 0 Å². The van der Waals surface area contributed by atoms with Crippen molar-refractivity contribution in [3.8, 4) is 6.07 Å². The first-order valence-electron chi connectivity index (χ1n) is 3.87. The zero-order valence-corrected chi connectivity index (χ0v) is 7.28. The third-order valence-electron chi connectivity index (χ3n) is 1.36. The maximum Gasteiger partial charge on any atom is 0.224 e. The fourth-order valence-corrected chi connectivity index (χ4v) is 0.873. The average molecular weight is 178 g/mol. The molecule has 0 fully saturated rings. The summed E-state index contributed by atoms with van der Waals surface area (Å²) in [6.45, 7) is 2.18. The molecule has 1 heterocycles. The molecule has 0 saturated heterocycles. The first kappa shape index (κ1) is 9.42. The second kappa shape index (κ2) is 4.38. The van der Waals surface area contributed by atoms with Crippen LogP contribution in [0.15, 0.2) is 6.07 Å². The minimum absolute atomic E-state index is 0.0131. The van der Waals surface area contributed by atoms with E-state index in [1.807, 2.05) is 6.07 Å². The molecule has 2 N–H and O–H groups in total. The Hall–Kier alpha value is -1.67. The van der Waals surface area contributed by atoms with Crippen molar-refractivity contribution in [3.05, 3.63) is 17.5 Å². The number of rotatable bonds is 3. The van der Waals surface area contributed by atoms with Crippen molar-refractivity contribution in [2.75, 3.05) is 18.5 Å². The molecule has 68 valence electrons. The van der Waals surface area contributed by atoms with Gasteiger partial charge in [0.1, 0.15) is 11.8 Å². The Morgan fingerprint density at radius 1 is 1.62 bits per heavy atom. The van der Waals surface area contributed by atoms with Crippen molar-refractivity contribution in [2.45, 2.75) is 6.92 Å². The average Bonchev–Trinajstić information content (AvgIpc) is 2.14. The summed E-state index contributed by atoms with van der Waals surface area (Å²) in [5.41, 5.74) is 1.06. The molecule has 0 unspecified atom stereocenters. The first-order chi connectivity index (χ1) is 6.26. The van der Waals surface area contributed by atoms with E-state index in [1.54, 1.807) is 13.0 Å². The van der Waals surface area contributed by atoms with Gasteiger partial charge in [-0.1, -0.05) is 0 Å². The lowest BCUT2D eigenvalue weighted by atomic mass is 10.3. The fourth-order valence-electron chi connectivity index (χ4n) is 0.873. The summed E-state index contributed by atoms with van der Waals surface area (Å²) in [5.74, 6) is 0.380. The van der Waals surface area contributed by atoms with Gasteiger partial charge in [-0.05, 0) is 13.0 Å². The van der Waals surface area contributed by atoms with E-state index in [0.29, 0.717) is 18.2 Å². The Kier molecular flexibility index (Phi) is 3.17. The minimum Gasteiger partial charge on any atom is -0.395 e. The van der Waals surface area contributed by atoms with Crippen LogP contribution in [-0.4, -0.2) is 28.2 Å². The van der Waals surface area contributed by atoms with E-state index in [2.05, 4.69) is 15.3 Å². The molecular weight excluding hydrogens is 168 g/mol. The van der Waals surface area contributed by atoms with Crippen molar-refractivity contribution in [1.29, 1.82) is 5.26 Å². The van der Waals surface area contributed by atoms with E-state index in [4.69, 9.17) is 10.4 Å². The molecule has 0 bridgehead atoms. The maximum absolute atomic E-state index is 8.59. The number of nitrogens with one attached hydrogen (secondary N) is 1. The summed E-state index contributed by atoms with van der Waals surface area (Å²) in [4.78, 5) is 7.93. The first-order valence-corrected chi connectivity index (χ1v) is 3.87. The molecule has 5 nitrogen and oxygen atoms in total. The van der Waals surface area contributed by atoms with Crippen molar-refractivity contribution >= 4 is 5.95 Å². The summed E-state index contributed by atoms with van der Waals surface area (Å²) in [6, 6.07) is 3.53. The largest absolute Gasteiger partial charge is 0.395 e. The predicted octanol–water partition coefficient (Wildman–Crippen LogP) is 0.0609. The van der Waals surface area contributed by atoms with Gasteiger partial charge >= 0.3 is 0 Å². The summed E-state index contributed by atoms with van der Waals surface area (Å²) in [6.07, 6.45) is 0. The molecule has 0 atom stereocenters. The molecule has 0 aliphatic rings. The van der Waals surface area contributed by atoms with Crippen LogP contribution in [0.5, 0.6) is 0 Å². The van der Waals surface area contributed by atoms with Gasteiger partial charge in [0.2, 0.25) is 5.95 Å². The smallest absolute Gasteiger partial charge is 0.224 e. The molecule has 0 amide bonds. The molecule has 0 aromatic carbocycles. The standard InChI is InChI=1S/C8H10N4O/c1-6-4-7(5-9)12-8(11-6)10-2-3-13/h4,13H,2-3H2,1H3,(H,10,11,12). The van der Waals surface area contributed by atoms with E-state index in [9.17, 15) is 0 Å². The number of aromatic nitrogens is 2. The van der Waals surface area contributed by atoms with Gasteiger partial charge in [0.05, 0.1) is 6.61 Å². The van der Waals surface area contributed by atoms with Crippen LogP contribution in [0.4, 0.5) is 5.95 Å². The van der Waals surface area contributed by atoms with Crippen LogP contribution in [-0.2, 0) is 0 Å². The lowest BCUT2D eigenvalue weighted by Gasteiger charge is -2.02. The van der Waals surface area contributed by atoms with Gasteiger partial charge in [0.15, 0.2) is 0 Å². The highest BCUT2D eigenvalue weighted by Crippen LogP contribution is 2.02. The molecule has 0 aliphatic carbocycles. The Bertz CT molecular complexity index is 331. The predicted molar refractivity (Wildman–Crippen MR) is 47.1 cm³/mol. The van der Waals surface area contributed by atoms with Gasteiger partial charge in [-0.3, -0.25) is 0 Å². The number of nitrogens with zero attached hydrogens (tertiary/aromatic N) is 3. The Morgan fingerprint density at radius 3 is 3.00 bits per heavy atom. The number of nitriles is 1. The second-order valence-corrected chi connectivity index (χ2v) is 2.48. The zero-order chi connectivity index (χ0) is 9.68. The third-order valence-corrected chi connectivity index (χ3v) is 1.36. The number of aryl methyl sites for hydroxylation is 1. The lowest BCUT2D eigenvalue weighted by Crippen LogP contribution is -2.09. The molecule has 0 radical (unpaired) electrons. The van der Waals surface area contributed by atoms with Gasteiger partial charge in [-0.25, -0.2) is 9.97 Å². The summed E-state index contributed by atoms with van der Waals surface area (Å²) < 4.78 is 0. The van der Waals surface area contributed by atoms with Crippen molar-refractivity contribution < 1.29 is 5.11 Å². The van der Waals surface area contributed by atoms with Crippen LogP contribution in [0.1, 0.15) is 11.4 Å². The van der Waals surface area contributed by atoms with E-state index >= 15 is 0 Å². The number of hydrogen-bond acceptors (Lipinski definition) is 5. The number of anilines is 1. The highest BCUT2D eigenvalue weighted by molar-refractivity contribution is 5.32. The molecule has 1 aromatic heterocycles. The number of aliphatic hydroxyl groups is 1. The van der Waals surface area contributed by atoms with Crippen molar-refractivity contribution in [3.63, 3.8) is 0 Å². The molecule has 1 aromatic rings. The highest BCUT2D eigenvalue weighted by atomic mass is 16.3. The van der Waals surface area contributed by atoms with Crippen molar-refractivity contribution in [1.82, 2.24) is 9.97 Å². The van der Waals surface area contributed by atoms with E-state index in [-0.39, 0.29) is 6.61 Å². The molecule has 5 heteroatoms. The highest BCUT2D eigenvalue weighted by Gasteiger charge is 1.99. The Balaban J connectivity index is 2.83.